The Morgan fingerprint density at radius 2 is 1.75 bits per heavy atom. The Morgan fingerprint density at radius 3 is 2.47 bits per heavy atom. The number of anilines is 1. The largest absolute Gasteiger partial charge is 0.497 e. The molecule has 0 saturated heterocycles. The molecule has 0 saturated carbocycles. The number of methoxy groups -OCH3 is 1. The lowest BCUT2D eigenvalue weighted by Crippen LogP contribution is -2.30. The van der Waals surface area contributed by atoms with Gasteiger partial charge >= 0.3 is 0 Å². The molecule has 0 radical (unpaired) electrons. The highest BCUT2D eigenvalue weighted by Gasteiger charge is 2.20. The maximum absolute atomic E-state index is 12.6. The number of aromatic nitrogens is 3. The molecule has 4 rings (SSSR count). The molecule has 186 valence electrons. The molecule has 8 nitrogen and oxygen atoms in total. The minimum atomic E-state index is -0.330. The predicted octanol–water partition coefficient (Wildman–Crippen LogP) is 4.61. The van der Waals surface area contributed by atoms with Crippen molar-refractivity contribution in [3.8, 4) is 5.75 Å². The summed E-state index contributed by atoms with van der Waals surface area (Å²) < 4.78 is 7.08. The second-order valence-corrected chi connectivity index (χ2v) is 9.24. The fourth-order valence-corrected chi connectivity index (χ4v) is 4.71. The molecule has 36 heavy (non-hydrogen) atoms. The number of ether oxygens (including phenoxy) is 1. The van der Waals surface area contributed by atoms with Gasteiger partial charge < -0.3 is 19.9 Å². The molecule has 3 aromatic carbocycles. The Balaban J connectivity index is 1.33. The first-order chi connectivity index (χ1) is 17.5. The Morgan fingerprint density at radius 1 is 1.00 bits per heavy atom. The Labute approximate surface area is 214 Å². The lowest BCUT2D eigenvalue weighted by atomic mass is 10.1. The van der Waals surface area contributed by atoms with Gasteiger partial charge in [-0.25, -0.2) is 0 Å². The molecule has 4 aromatic rings. The molecule has 1 heterocycles. The van der Waals surface area contributed by atoms with Gasteiger partial charge in [-0.15, -0.1) is 10.2 Å². The smallest absolute Gasteiger partial charge is 0.234 e. The normalized spacial score (nSPS) is 11.8. The fraction of sp³-hybridized carbons (Fsp3) is 0.259. The van der Waals surface area contributed by atoms with E-state index in [-0.39, 0.29) is 30.0 Å². The SMILES string of the molecule is CCn1c(SCC(=O)Nc2ccc3ccccc3c2)nnc1C(C)NC(=O)Cc1ccc(OC)cc1. The molecular formula is C27H29N5O3S. The van der Waals surface area contributed by atoms with Crippen LogP contribution in [0.15, 0.2) is 71.9 Å². The molecule has 0 aliphatic carbocycles. The molecule has 2 amide bonds. The van der Waals surface area contributed by atoms with E-state index >= 15 is 0 Å². The molecule has 0 bridgehead atoms. The van der Waals surface area contributed by atoms with Gasteiger partial charge in [0, 0.05) is 12.2 Å². The molecule has 0 aliphatic rings. The molecule has 0 aliphatic heterocycles. The van der Waals surface area contributed by atoms with E-state index in [9.17, 15) is 9.59 Å². The van der Waals surface area contributed by atoms with Gasteiger partial charge in [0.25, 0.3) is 0 Å². The first-order valence-electron chi connectivity index (χ1n) is 11.7. The first kappa shape index (κ1) is 25.2. The van der Waals surface area contributed by atoms with Crippen LogP contribution in [0.4, 0.5) is 5.69 Å². The van der Waals surface area contributed by atoms with E-state index < -0.39 is 0 Å². The summed E-state index contributed by atoms with van der Waals surface area (Å²) in [7, 11) is 1.61. The van der Waals surface area contributed by atoms with E-state index in [0.29, 0.717) is 17.5 Å². The maximum Gasteiger partial charge on any atom is 0.234 e. The van der Waals surface area contributed by atoms with Gasteiger partial charge in [0.15, 0.2) is 11.0 Å². The lowest BCUT2D eigenvalue weighted by molar-refractivity contribution is -0.121. The first-order valence-corrected chi connectivity index (χ1v) is 12.7. The monoisotopic (exact) mass is 503 g/mol. The molecule has 2 N–H and O–H groups in total. The second-order valence-electron chi connectivity index (χ2n) is 8.30. The van der Waals surface area contributed by atoms with Crippen LogP contribution in [0.5, 0.6) is 5.75 Å². The fourth-order valence-electron chi connectivity index (χ4n) is 3.90. The van der Waals surface area contributed by atoms with E-state index in [2.05, 4.69) is 20.8 Å². The zero-order chi connectivity index (χ0) is 25.5. The highest BCUT2D eigenvalue weighted by Crippen LogP contribution is 2.22. The Hall–Kier alpha value is -3.85. The number of thioether (sulfide) groups is 1. The minimum Gasteiger partial charge on any atom is -0.497 e. The van der Waals surface area contributed by atoms with Crippen LogP contribution >= 0.6 is 11.8 Å². The number of benzene rings is 3. The van der Waals surface area contributed by atoms with E-state index in [1.54, 1.807) is 7.11 Å². The number of fused-ring (bicyclic) bond motifs is 1. The highest BCUT2D eigenvalue weighted by molar-refractivity contribution is 7.99. The van der Waals surface area contributed by atoms with E-state index in [1.807, 2.05) is 85.1 Å². The van der Waals surface area contributed by atoms with Crippen molar-refractivity contribution in [2.24, 2.45) is 0 Å². The van der Waals surface area contributed by atoms with Crippen LogP contribution in [-0.4, -0.2) is 39.4 Å². The van der Waals surface area contributed by atoms with Crippen LogP contribution in [0.3, 0.4) is 0 Å². The molecule has 1 aromatic heterocycles. The van der Waals surface area contributed by atoms with Crippen molar-refractivity contribution in [2.45, 2.75) is 38.0 Å². The zero-order valence-electron chi connectivity index (χ0n) is 20.5. The van der Waals surface area contributed by atoms with Crippen LogP contribution in [0, 0.1) is 0 Å². The van der Waals surface area contributed by atoms with Crippen molar-refractivity contribution in [3.05, 3.63) is 78.1 Å². The number of hydrogen-bond donors (Lipinski definition) is 2. The lowest BCUT2D eigenvalue weighted by Gasteiger charge is -2.15. The Kier molecular flexibility index (Phi) is 8.22. The number of carbonyl (C=O) groups is 2. The summed E-state index contributed by atoms with van der Waals surface area (Å²) in [5, 5.41) is 17.3. The van der Waals surface area contributed by atoms with Crippen molar-refractivity contribution in [1.29, 1.82) is 0 Å². The molecule has 1 unspecified atom stereocenters. The van der Waals surface area contributed by atoms with Crippen LogP contribution in [0.2, 0.25) is 0 Å². The van der Waals surface area contributed by atoms with Gasteiger partial charge in [-0.1, -0.05) is 54.2 Å². The summed E-state index contributed by atoms with van der Waals surface area (Å²) in [6, 6.07) is 20.9. The van der Waals surface area contributed by atoms with Gasteiger partial charge in [-0.3, -0.25) is 9.59 Å². The van der Waals surface area contributed by atoms with Gasteiger partial charge in [-0.2, -0.15) is 0 Å². The maximum atomic E-state index is 12.6. The summed E-state index contributed by atoms with van der Waals surface area (Å²) >= 11 is 1.32. The van der Waals surface area contributed by atoms with E-state index in [4.69, 9.17) is 4.74 Å². The third-order valence-corrected chi connectivity index (χ3v) is 6.68. The number of hydrogen-bond acceptors (Lipinski definition) is 6. The van der Waals surface area contributed by atoms with Crippen molar-refractivity contribution in [2.75, 3.05) is 18.2 Å². The summed E-state index contributed by atoms with van der Waals surface area (Å²) in [6.45, 7) is 4.48. The number of carbonyl (C=O) groups excluding carboxylic acids is 2. The number of amides is 2. The summed E-state index contributed by atoms with van der Waals surface area (Å²) in [5.74, 6) is 1.37. The second kappa shape index (κ2) is 11.7. The van der Waals surface area contributed by atoms with Crippen LogP contribution in [0.25, 0.3) is 10.8 Å². The van der Waals surface area contributed by atoms with Crippen molar-refractivity contribution < 1.29 is 14.3 Å². The van der Waals surface area contributed by atoms with Gasteiger partial charge in [-0.05, 0) is 54.4 Å². The molecule has 0 spiro atoms. The molecule has 0 fully saturated rings. The van der Waals surface area contributed by atoms with Crippen molar-refractivity contribution in [1.82, 2.24) is 20.1 Å². The van der Waals surface area contributed by atoms with E-state index in [0.717, 1.165) is 27.8 Å². The third-order valence-electron chi connectivity index (χ3n) is 5.72. The van der Waals surface area contributed by atoms with Crippen LogP contribution in [-0.2, 0) is 22.6 Å². The number of rotatable bonds is 10. The average molecular weight is 504 g/mol. The van der Waals surface area contributed by atoms with Crippen LogP contribution in [0.1, 0.15) is 31.3 Å². The number of nitrogens with zero attached hydrogens (tertiary/aromatic N) is 3. The topological polar surface area (TPSA) is 98.1 Å². The Bertz CT molecular complexity index is 1350. The average Bonchev–Trinajstić information content (AvgIpc) is 3.31. The quantitative estimate of drug-likeness (QED) is 0.307. The highest BCUT2D eigenvalue weighted by atomic mass is 32.2. The zero-order valence-corrected chi connectivity index (χ0v) is 21.3. The minimum absolute atomic E-state index is 0.109. The van der Waals surface area contributed by atoms with Gasteiger partial charge in [0.2, 0.25) is 11.8 Å². The van der Waals surface area contributed by atoms with Crippen molar-refractivity contribution in [3.63, 3.8) is 0 Å². The standard InChI is InChI=1S/C27H29N5O3S/c1-4-32-26(18(2)28-24(33)15-19-9-13-23(35-3)14-10-19)30-31-27(32)36-17-25(34)29-22-12-11-20-7-5-6-8-21(20)16-22/h5-14,16,18H,4,15,17H2,1-3H3,(H,28,33)(H,29,34). The predicted molar refractivity (Wildman–Crippen MR) is 142 cm³/mol. The number of nitrogens with one attached hydrogen (secondary N) is 2. The van der Waals surface area contributed by atoms with Crippen LogP contribution < -0.4 is 15.4 Å². The van der Waals surface area contributed by atoms with Gasteiger partial charge in [0.1, 0.15) is 5.75 Å². The molecule has 9 heteroatoms. The molecular weight excluding hydrogens is 474 g/mol. The third kappa shape index (κ3) is 6.23. The van der Waals surface area contributed by atoms with E-state index in [1.165, 1.54) is 11.8 Å². The molecule has 1 atom stereocenters. The summed E-state index contributed by atoms with van der Waals surface area (Å²) in [6.07, 6.45) is 0.255. The summed E-state index contributed by atoms with van der Waals surface area (Å²) in [4.78, 5) is 25.1. The van der Waals surface area contributed by atoms with Crippen molar-refractivity contribution >= 4 is 40.0 Å². The summed E-state index contributed by atoms with van der Waals surface area (Å²) in [5.41, 5.74) is 1.65. The van der Waals surface area contributed by atoms with Gasteiger partial charge in [0.05, 0.1) is 25.3 Å².